The minimum atomic E-state index is -0.571. The number of nitrogens with one attached hydrogen (secondary N) is 1. The molecule has 0 saturated heterocycles. The number of amides is 1. The maximum Gasteiger partial charge on any atom is 0.270 e. The molecule has 0 aromatic carbocycles. The van der Waals surface area contributed by atoms with Crippen molar-refractivity contribution < 1.29 is 9.90 Å². The Bertz CT molecular complexity index is 328. The summed E-state index contributed by atoms with van der Waals surface area (Å²) in [6.07, 6.45) is -0.571. The number of hydrogen-bond donors (Lipinski definition) is 2. The molecular formula is C9H11ClN2O2. The van der Waals surface area contributed by atoms with Crippen molar-refractivity contribution in [1.82, 2.24) is 10.3 Å². The van der Waals surface area contributed by atoms with E-state index in [1.54, 1.807) is 25.1 Å². The van der Waals surface area contributed by atoms with Crippen LogP contribution in [0, 0.1) is 0 Å². The topological polar surface area (TPSA) is 62.2 Å². The van der Waals surface area contributed by atoms with Crippen LogP contribution < -0.4 is 5.32 Å². The molecule has 1 heterocycles. The predicted octanol–water partition coefficient (Wildman–Crippen LogP) is 0.846. The van der Waals surface area contributed by atoms with Gasteiger partial charge in [-0.25, -0.2) is 4.98 Å². The van der Waals surface area contributed by atoms with Gasteiger partial charge in [-0.2, -0.15) is 0 Å². The van der Waals surface area contributed by atoms with Crippen LogP contribution in [0.25, 0.3) is 0 Å². The standard InChI is InChI=1S/C9H11ClN2O2/c1-6(13)5-11-9(14)7-3-2-4-8(10)12-7/h2-4,6,13H,5H2,1H3,(H,11,14)/t6-/m1/s1. The van der Waals surface area contributed by atoms with Gasteiger partial charge in [0.25, 0.3) is 5.91 Å². The molecule has 0 radical (unpaired) electrons. The van der Waals surface area contributed by atoms with Crippen LogP contribution in [0.4, 0.5) is 0 Å². The third-order valence-electron chi connectivity index (χ3n) is 1.51. The second-order valence-corrected chi connectivity index (χ2v) is 3.29. The number of rotatable bonds is 3. The molecular weight excluding hydrogens is 204 g/mol. The van der Waals surface area contributed by atoms with Gasteiger partial charge in [0.15, 0.2) is 0 Å². The zero-order valence-corrected chi connectivity index (χ0v) is 8.45. The van der Waals surface area contributed by atoms with Crippen LogP contribution in [-0.2, 0) is 0 Å². The lowest BCUT2D eigenvalue weighted by Crippen LogP contribution is -2.31. The Hall–Kier alpha value is -1.13. The molecule has 5 heteroatoms. The number of aliphatic hydroxyl groups excluding tert-OH is 1. The van der Waals surface area contributed by atoms with Gasteiger partial charge in [0, 0.05) is 6.54 Å². The van der Waals surface area contributed by atoms with Crippen LogP contribution in [0.1, 0.15) is 17.4 Å². The molecule has 14 heavy (non-hydrogen) atoms. The third-order valence-corrected chi connectivity index (χ3v) is 1.72. The van der Waals surface area contributed by atoms with Crippen LogP contribution in [0.15, 0.2) is 18.2 Å². The van der Waals surface area contributed by atoms with Crippen LogP contribution in [-0.4, -0.2) is 28.6 Å². The van der Waals surface area contributed by atoms with Crippen molar-refractivity contribution in [2.45, 2.75) is 13.0 Å². The lowest BCUT2D eigenvalue weighted by molar-refractivity contribution is 0.0919. The number of nitrogens with zero attached hydrogens (tertiary/aromatic N) is 1. The molecule has 1 rings (SSSR count). The van der Waals surface area contributed by atoms with E-state index in [2.05, 4.69) is 10.3 Å². The summed E-state index contributed by atoms with van der Waals surface area (Å²) in [6.45, 7) is 1.79. The number of aliphatic hydroxyl groups is 1. The Kier molecular flexibility index (Phi) is 3.85. The summed E-state index contributed by atoms with van der Waals surface area (Å²) in [5.41, 5.74) is 0.248. The van der Waals surface area contributed by atoms with Gasteiger partial charge in [0.2, 0.25) is 0 Å². The summed E-state index contributed by atoms with van der Waals surface area (Å²) in [5.74, 6) is -0.339. The van der Waals surface area contributed by atoms with Crippen molar-refractivity contribution in [3.05, 3.63) is 29.0 Å². The molecule has 1 aromatic heterocycles. The van der Waals surface area contributed by atoms with E-state index < -0.39 is 6.10 Å². The minimum absolute atomic E-state index is 0.201. The number of pyridine rings is 1. The maximum atomic E-state index is 11.4. The van der Waals surface area contributed by atoms with E-state index in [-0.39, 0.29) is 23.3 Å². The fraction of sp³-hybridized carbons (Fsp3) is 0.333. The summed E-state index contributed by atoms with van der Waals surface area (Å²) in [6, 6.07) is 4.79. The van der Waals surface area contributed by atoms with Gasteiger partial charge in [-0.3, -0.25) is 4.79 Å². The smallest absolute Gasteiger partial charge is 0.270 e. The van der Waals surface area contributed by atoms with E-state index in [4.69, 9.17) is 16.7 Å². The number of aromatic nitrogens is 1. The van der Waals surface area contributed by atoms with Gasteiger partial charge in [-0.15, -0.1) is 0 Å². The van der Waals surface area contributed by atoms with Gasteiger partial charge in [0.1, 0.15) is 10.8 Å². The first-order valence-electron chi connectivity index (χ1n) is 4.18. The summed E-state index contributed by atoms with van der Waals surface area (Å²) >= 11 is 5.61. The van der Waals surface area contributed by atoms with Gasteiger partial charge in [-0.05, 0) is 19.1 Å². The van der Waals surface area contributed by atoms with E-state index >= 15 is 0 Å². The number of carbonyl (C=O) groups is 1. The van der Waals surface area contributed by atoms with Crippen LogP contribution >= 0.6 is 11.6 Å². The van der Waals surface area contributed by atoms with Gasteiger partial charge >= 0.3 is 0 Å². The Balaban J connectivity index is 2.61. The first kappa shape index (κ1) is 10.9. The van der Waals surface area contributed by atoms with Crippen molar-refractivity contribution in [2.24, 2.45) is 0 Å². The quantitative estimate of drug-likeness (QED) is 0.734. The lowest BCUT2D eigenvalue weighted by Gasteiger charge is -2.06. The molecule has 1 aromatic rings. The molecule has 0 unspecified atom stereocenters. The SMILES string of the molecule is C[C@@H](O)CNC(=O)c1cccc(Cl)n1. The predicted molar refractivity (Wildman–Crippen MR) is 53.3 cm³/mol. The van der Waals surface area contributed by atoms with E-state index in [1.807, 2.05) is 0 Å². The highest BCUT2D eigenvalue weighted by Crippen LogP contribution is 2.04. The molecule has 0 saturated carbocycles. The fourth-order valence-electron chi connectivity index (χ4n) is 0.866. The maximum absolute atomic E-state index is 11.4. The normalized spacial score (nSPS) is 12.2. The van der Waals surface area contributed by atoms with Crippen molar-refractivity contribution in [2.75, 3.05) is 6.54 Å². The zero-order chi connectivity index (χ0) is 10.6. The largest absolute Gasteiger partial charge is 0.392 e. The molecule has 0 bridgehead atoms. The van der Waals surface area contributed by atoms with Crippen molar-refractivity contribution >= 4 is 17.5 Å². The van der Waals surface area contributed by atoms with Crippen molar-refractivity contribution in [3.63, 3.8) is 0 Å². The lowest BCUT2D eigenvalue weighted by atomic mass is 10.3. The van der Waals surface area contributed by atoms with Crippen LogP contribution in [0.2, 0.25) is 5.15 Å². The number of hydrogen-bond acceptors (Lipinski definition) is 3. The Labute approximate surface area is 86.9 Å². The summed E-state index contributed by atoms with van der Waals surface area (Å²) < 4.78 is 0. The highest BCUT2D eigenvalue weighted by molar-refractivity contribution is 6.29. The first-order valence-corrected chi connectivity index (χ1v) is 4.56. The molecule has 2 N–H and O–H groups in total. The van der Waals surface area contributed by atoms with Crippen LogP contribution in [0.3, 0.4) is 0 Å². The second kappa shape index (κ2) is 4.93. The monoisotopic (exact) mass is 214 g/mol. The number of carbonyl (C=O) groups excluding carboxylic acids is 1. The summed E-state index contributed by atoms with van der Waals surface area (Å²) in [7, 11) is 0. The van der Waals surface area contributed by atoms with Gasteiger partial charge in [-0.1, -0.05) is 17.7 Å². The molecule has 1 amide bonds. The third kappa shape index (κ3) is 3.32. The average Bonchev–Trinajstić information content (AvgIpc) is 2.14. The second-order valence-electron chi connectivity index (χ2n) is 2.90. The summed E-state index contributed by atoms with van der Waals surface area (Å²) in [5, 5.41) is 11.7. The molecule has 0 aliphatic rings. The highest BCUT2D eigenvalue weighted by atomic mass is 35.5. The number of halogens is 1. The first-order chi connectivity index (χ1) is 6.59. The van der Waals surface area contributed by atoms with Gasteiger partial charge in [0.05, 0.1) is 6.10 Å². The molecule has 0 aliphatic carbocycles. The van der Waals surface area contributed by atoms with Gasteiger partial charge < -0.3 is 10.4 Å². The van der Waals surface area contributed by atoms with E-state index in [9.17, 15) is 4.79 Å². The Morgan fingerprint density at radius 1 is 1.71 bits per heavy atom. The molecule has 0 spiro atoms. The van der Waals surface area contributed by atoms with Crippen LogP contribution in [0.5, 0.6) is 0 Å². The Morgan fingerprint density at radius 2 is 2.43 bits per heavy atom. The zero-order valence-electron chi connectivity index (χ0n) is 7.70. The average molecular weight is 215 g/mol. The molecule has 1 atom stereocenters. The minimum Gasteiger partial charge on any atom is -0.392 e. The molecule has 76 valence electrons. The highest BCUT2D eigenvalue weighted by Gasteiger charge is 2.07. The fourth-order valence-corrected chi connectivity index (χ4v) is 1.03. The molecule has 4 nitrogen and oxygen atoms in total. The Morgan fingerprint density at radius 3 is 3.00 bits per heavy atom. The molecule has 0 fully saturated rings. The molecule has 0 aliphatic heterocycles. The van der Waals surface area contributed by atoms with E-state index in [0.29, 0.717) is 0 Å². The van der Waals surface area contributed by atoms with Crippen molar-refractivity contribution in [1.29, 1.82) is 0 Å². The van der Waals surface area contributed by atoms with Crippen molar-refractivity contribution in [3.8, 4) is 0 Å². The summed E-state index contributed by atoms with van der Waals surface area (Å²) in [4.78, 5) is 15.2. The van der Waals surface area contributed by atoms with E-state index in [0.717, 1.165) is 0 Å². The van der Waals surface area contributed by atoms with E-state index in [1.165, 1.54) is 0 Å².